The molecule has 0 aromatic heterocycles. The van der Waals surface area contributed by atoms with Crippen LogP contribution in [0, 0.1) is 17.8 Å². The van der Waals surface area contributed by atoms with Crippen molar-refractivity contribution < 1.29 is 9.47 Å². The van der Waals surface area contributed by atoms with Crippen LogP contribution in [0.4, 0.5) is 0 Å². The predicted octanol–water partition coefficient (Wildman–Crippen LogP) is 1.75. The molecular weight excluding hydrogens is 216 g/mol. The Morgan fingerprint density at radius 2 is 1.75 bits per heavy atom. The molecular formula is C13H24O2Si. The lowest BCUT2D eigenvalue weighted by Gasteiger charge is -2.48. The lowest BCUT2D eigenvalue weighted by molar-refractivity contribution is -0.263. The Morgan fingerprint density at radius 1 is 1.12 bits per heavy atom. The molecule has 0 aromatic rings. The second-order valence-corrected chi connectivity index (χ2v) is 8.71. The monoisotopic (exact) mass is 240 g/mol. The molecule has 2 rings (SSSR count). The van der Waals surface area contributed by atoms with Gasteiger partial charge in [-0.05, 0) is 24.7 Å². The van der Waals surface area contributed by atoms with Gasteiger partial charge in [-0.25, -0.2) is 0 Å². The zero-order chi connectivity index (χ0) is 12.0. The van der Waals surface area contributed by atoms with Gasteiger partial charge in [0.05, 0.1) is 0 Å². The summed E-state index contributed by atoms with van der Waals surface area (Å²) in [6.07, 6.45) is 7.28. The molecule has 2 nitrogen and oxygen atoms in total. The molecule has 0 spiro atoms. The average molecular weight is 240 g/mol. The van der Waals surface area contributed by atoms with E-state index in [4.69, 9.17) is 9.47 Å². The molecule has 3 heteroatoms. The van der Waals surface area contributed by atoms with Crippen LogP contribution in [0.25, 0.3) is 0 Å². The Bertz CT molecular complexity index is 289. The van der Waals surface area contributed by atoms with E-state index in [2.05, 4.69) is 26.0 Å². The summed E-state index contributed by atoms with van der Waals surface area (Å²) >= 11 is 0. The molecule has 1 saturated carbocycles. The average Bonchev–Trinajstić information content (AvgIpc) is 2.80. The van der Waals surface area contributed by atoms with Gasteiger partial charge in [0.2, 0.25) is 0 Å². The molecule has 0 heterocycles. The van der Waals surface area contributed by atoms with E-state index in [-0.39, 0.29) is 10.8 Å². The zero-order valence-corrected chi connectivity index (χ0v) is 13.1. The molecule has 0 radical (unpaired) electrons. The second-order valence-electron chi connectivity index (χ2n) is 6.21. The topological polar surface area (TPSA) is 18.5 Å². The molecule has 0 amide bonds. The number of fused-ring (bicyclic) bond motifs is 2. The highest BCUT2D eigenvalue weighted by Crippen LogP contribution is 2.55. The van der Waals surface area contributed by atoms with E-state index in [1.165, 1.54) is 12.8 Å². The molecule has 3 atom stereocenters. The third-order valence-corrected chi connectivity index (χ3v) is 5.12. The molecule has 2 aliphatic rings. The van der Waals surface area contributed by atoms with Crippen LogP contribution in [0.5, 0.6) is 0 Å². The van der Waals surface area contributed by atoms with Gasteiger partial charge in [-0.2, -0.15) is 0 Å². The van der Waals surface area contributed by atoms with Crippen molar-refractivity contribution in [1.82, 2.24) is 0 Å². The second kappa shape index (κ2) is 3.97. The fourth-order valence-electron chi connectivity index (χ4n) is 3.77. The Morgan fingerprint density at radius 3 is 2.06 bits per heavy atom. The first kappa shape index (κ1) is 12.3. The minimum Gasteiger partial charge on any atom is -0.353 e. The zero-order valence-electron chi connectivity index (χ0n) is 11.1. The maximum absolute atomic E-state index is 5.87. The first-order valence-corrected chi connectivity index (χ1v) is 7.23. The van der Waals surface area contributed by atoms with E-state index in [0.717, 1.165) is 16.2 Å². The van der Waals surface area contributed by atoms with Crippen molar-refractivity contribution >= 4 is 10.2 Å². The van der Waals surface area contributed by atoms with Gasteiger partial charge in [0.15, 0.2) is 5.79 Å². The minimum absolute atomic E-state index is 0.138. The Hall–Kier alpha value is -0.123. The number of rotatable bonds is 4. The molecule has 3 unspecified atom stereocenters. The third-order valence-electron chi connectivity index (χ3n) is 4.42. The standard InChI is InChI=1S/C13H24O2Si/c1-12(2,16)13(14-3,15-4)11-8-9-5-6-10(11)7-9/h5-6,9-11H,7-8H2,1-4,16H3. The molecule has 1 fully saturated rings. The molecule has 0 saturated heterocycles. The van der Waals surface area contributed by atoms with E-state index in [1.807, 2.05) is 0 Å². The Balaban J connectivity index is 2.30. The first-order valence-electron chi connectivity index (χ1n) is 6.23. The SMILES string of the molecule is COC(OC)(C1CC2C=CC1C2)C(C)(C)[SiH3]. The van der Waals surface area contributed by atoms with Crippen molar-refractivity contribution in [1.29, 1.82) is 0 Å². The number of hydrogen-bond donors (Lipinski definition) is 0. The fraction of sp³-hybridized carbons (Fsp3) is 0.846. The van der Waals surface area contributed by atoms with Gasteiger partial charge in [0.25, 0.3) is 0 Å². The van der Waals surface area contributed by atoms with Crippen LogP contribution in [0.15, 0.2) is 12.2 Å². The highest BCUT2D eigenvalue weighted by Gasteiger charge is 2.55. The van der Waals surface area contributed by atoms with Crippen molar-refractivity contribution in [2.24, 2.45) is 17.8 Å². The van der Waals surface area contributed by atoms with E-state index in [1.54, 1.807) is 14.2 Å². The van der Waals surface area contributed by atoms with E-state index in [9.17, 15) is 0 Å². The summed E-state index contributed by atoms with van der Waals surface area (Å²) in [7, 11) is 4.68. The summed E-state index contributed by atoms with van der Waals surface area (Å²) in [4.78, 5) is 0. The van der Waals surface area contributed by atoms with Crippen LogP contribution in [0.1, 0.15) is 26.7 Å². The van der Waals surface area contributed by atoms with Gasteiger partial charge in [0, 0.05) is 35.4 Å². The van der Waals surface area contributed by atoms with Crippen molar-refractivity contribution in [3.05, 3.63) is 12.2 Å². The van der Waals surface area contributed by atoms with Crippen molar-refractivity contribution in [3.63, 3.8) is 0 Å². The summed E-state index contributed by atoms with van der Waals surface area (Å²) in [5.41, 5.74) is 0. The lowest BCUT2D eigenvalue weighted by atomic mass is 9.79. The largest absolute Gasteiger partial charge is 0.353 e. The summed E-state index contributed by atoms with van der Waals surface area (Å²) in [5.74, 6) is 1.58. The number of ether oxygens (including phenoxy) is 2. The minimum atomic E-state index is -0.386. The van der Waals surface area contributed by atoms with Crippen LogP contribution in [0.2, 0.25) is 5.04 Å². The van der Waals surface area contributed by atoms with E-state index < -0.39 is 0 Å². The van der Waals surface area contributed by atoms with Gasteiger partial charge < -0.3 is 9.47 Å². The molecule has 0 N–H and O–H groups in total. The molecule has 16 heavy (non-hydrogen) atoms. The van der Waals surface area contributed by atoms with Gasteiger partial charge in [0.1, 0.15) is 0 Å². The summed E-state index contributed by atoms with van der Waals surface area (Å²) < 4.78 is 11.7. The van der Waals surface area contributed by atoms with Crippen molar-refractivity contribution in [2.45, 2.75) is 37.5 Å². The van der Waals surface area contributed by atoms with Gasteiger partial charge in [-0.1, -0.05) is 26.0 Å². The molecule has 0 aromatic carbocycles. The molecule has 2 bridgehead atoms. The number of methoxy groups -OCH3 is 2. The smallest absolute Gasteiger partial charge is 0.172 e. The fourth-order valence-corrected chi connectivity index (χ4v) is 4.55. The molecule has 0 aliphatic heterocycles. The van der Waals surface area contributed by atoms with Crippen LogP contribution in [0.3, 0.4) is 0 Å². The summed E-state index contributed by atoms with van der Waals surface area (Å²) in [6.45, 7) is 4.53. The number of hydrogen-bond acceptors (Lipinski definition) is 2. The summed E-state index contributed by atoms with van der Waals surface area (Å²) in [6, 6.07) is 0. The maximum atomic E-state index is 5.87. The predicted molar refractivity (Wildman–Crippen MR) is 69.6 cm³/mol. The Kier molecular flexibility index (Phi) is 3.06. The normalized spacial score (nSPS) is 33.9. The lowest BCUT2D eigenvalue weighted by Crippen LogP contribution is -2.51. The van der Waals surface area contributed by atoms with Crippen molar-refractivity contribution in [2.75, 3.05) is 14.2 Å². The quantitative estimate of drug-likeness (QED) is 0.423. The van der Waals surface area contributed by atoms with Gasteiger partial charge in [-0.3, -0.25) is 0 Å². The van der Waals surface area contributed by atoms with Crippen LogP contribution >= 0.6 is 0 Å². The molecule has 2 aliphatic carbocycles. The Labute approximate surface area is 102 Å². The highest BCUT2D eigenvalue weighted by atomic mass is 28.1. The van der Waals surface area contributed by atoms with Crippen LogP contribution < -0.4 is 0 Å². The summed E-state index contributed by atoms with van der Waals surface area (Å²) in [5, 5.41) is 0.138. The molecule has 92 valence electrons. The van der Waals surface area contributed by atoms with E-state index >= 15 is 0 Å². The maximum Gasteiger partial charge on any atom is 0.172 e. The first-order chi connectivity index (χ1) is 7.44. The highest BCUT2D eigenvalue weighted by molar-refractivity contribution is 6.15. The number of allylic oxidation sites excluding steroid dienone is 2. The van der Waals surface area contributed by atoms with Crippen LogP contribution in [-0.2, 0) is 9.47 Å². The van der Waals surface area contributed by atoms with Crippen LogP contribution in [-0.4, -0.2) is 30.2 Å². The van der Waals surface area contributed by atoms with E-state index in [0.29, 0.717) is 11.8 Å². The van der Waals surface area contributed by atoms with Crippen molar-refractivity contribution in [3.8, 4) is 0 Å². The van der Waals surface area contributed by atoms with Gasteiger partial charge >= 0.3 is 0 Å². The third kappa shape index (κ3) is 1.60. The van der Waals surface area contributed by atoms with Gasteiger partial charge in [-0.15, -0.1) is 0 Å².